The van der Waals surface area contributed by atoms with Crippen molar-refractivity contribution in [2.75, 3.05) is 17.3 Å². The van der Waals surface area contributed by atoms with Gasteiger partial charge in [0.15, 0.2) is 0 Å². The van der Waals surface area contributed by atoms with Crippen molar-refractivity contribution in [1.29, 1.82) is 0 Å². The summed E-state index contributed by atoms with van der Waals surface area (Å²) in [5.41, 5.74) is 6.05. The Morgan fingerprint density at radius 1 is 1.56 bits per heavy atom. The minimum absolute atomic E-state index is 0.0697. The lowest BCUT2D eigenvalue weighted by Crippen LogP contribution is -2.36. The normalized spacial score (nSPS) is 11.9. The molecule has 0 spiro atoms. The number of nitrogens with zero attached hydrogens (tertiary/aromatic N) is 1. The van der Waals surface area contributed by atoms with Crippen molar-refractivity contribution in [2.24, 2.45) is 5.73 Å². The summed E-state index contributed by atoms with van der Waals surface area (Å²) >= 11 is 1.62. The topological polar surface area (TPSA) is 105 Å². The monoisotopic (exact) mass is 269 g/mol. The number of pyridine rings is 1. The number of hydrogen-bond acceptors (Lipinski definition) is 5. The third kappa shape index (κ3) is 4.34. The highest BCUT2D eigenvalue weighted by Gasteiger charge is 2.13. The molecule has 0 radical (unpaired) electrons. The largest absolute Gasteiger partial charge is 0.477 e. The molecule has 6 nitrogen and oxygen atoms in total. The van der Waals surface area contributed by atoms with Gasteiger partial charge in [-0.1, -0.05) is 0 Å². The van der Waals surface area contributed by atoms with Crippen LogP contribution in [0.2, 0.25) is 0 Å². The van der Waals surface area contributed by atoms with E-state index in [4.69, 9.17) is 10.8 Å². The Labute approximate surface area is 109 Å². The summed E-state index contributed by atoms with van der Waals surface area (Å²) in [5, 5.41) is 11.3. The third-order valence-electron chi connectivity index (χ3n) is 2.22. The highest BCUT2D eigenvalue weighted by molar-refractivity contribution is 7.98. The molecular weight excluding hydrogens is 254 g/mol. The Bertz CT molecular complexity index is 422. The molecule has 0 aliphatic heterocycles. The average Bonchev–Trinajstić information content (AvgIpc) is 2.36. The van der Waals surface area contributed by atoms with E-state index in [0.717, 1.165) is 5.75 Å². The molecule has 1 aromatic rings. The number of carboxylic acids is 1. The van der Waals surface area contributed by atoms with Crippen LogP contribution in [0.1, 0.15) is 16.9 Å². The number of rotatable bonds is 6. The molecule has 7 heteroatoms. The predicted molar refractivity (Wildman–Crippen MR) is 70.8 cm³/mol. The van der Waals surface area contributed by atoms with Gasteiger partial charge in [-0.05, 0) is 30.6 Å². The predicted octanol–water partition coefficient (Wildman–Crippen LogP) is 0.799. The SMILES string of the molecule is CSCC[C@@H](N)C(=O)Nc1ccc(C(=O)O)nc1. The van der Waals surface area contributed by atoms with Crippen molar-refractivity contribution >= 4 is 29.3 Å². The molecule has 0 aliphatic carbocycles. The number of anilines is 1. The van der Waals surface area contributed by atoms with Crippen molar-refractivity contribution in [3.63, 3.8) is 0 Å². The number of aromatic nitrogens is 1. The first-order chi connectivity index (χ1) is 8.54. The number of carbonyl (C=O) groups is 2. The molecule has 4 N–H and O–H groups in total. The maximum Gasteiger partial charge on any atom is 0.354 e. The molecule has 0 saturated carbocycles. The van der Waals surface area contributed by atoms with Crippen molar-refractivity contribution in [3.05, 3.63) is 24.0 Å². The van der Waals surface area contributed by atoms with Gasteiger partial charge in [0.25, 0.3) is 0 Å². The van der Waals surface area contributed by atoms with Crippen LogP contribution in [0.4, 0.5) is 5.69 Å². The molecule has 1 amide bonds. The van der Waals surface area contributed by atoms with Crippen LogP contribution in [0.3, 0.4) is 0 Å². The van der Waals surface area contributed by atoms with Crippen LogP contribution in [-0.2, 0) is 4.79 Å². The molecule has 0 aliphatic rings. The smallest absolute Gasteiger partial charge is 0.354 e. The van der Waals surface area contributed by atoms with E-state index in [1.165, 1.54) is 18.3 Å². The fourth-order valence-corrected chi connectivity index (χ4v) is 1.69. The Kier molecular flexibility index (Phi) is 5.60. The summed E-state index contributed by atoms with van der Waals surface area (Å²) in [7, 11) is 0. The van der Waals surface area contributed by atoms with Crippen LogP contribution in [0.15, 0.2) is 18.3 Å². The zero-order valence-corrected chi connectivity index (χ0v) is 10.7. The van der Waals surface area contributed by atoms with E-state index in [9.17, 15) is 9.59 Å². The van der Waals surface area contributed by atoms with Crippen molar-refractivity contribution < 1.29 is 14.7 Å². The minimum Gasteiger partial charge on any atom is -0.477 e. The van der Waals surface area contributed by atoms with E-state index in [1.807, 2.05) is 6.26 Å². The number of nitrogens with one attached hydrogen (secondary N) is 1. The maximum atomic E-state index is 11.6. The number of hydrogen-bond donors (Lipinski definition) is 3. The molecule has 0 bridgehead atoms. The summed E-state index contributed by atoms with van der Waals surface area (Å²) in [6.07, 6.45) is 3.83. The summed E-state index contributed by atoms with van der Waals surface area (Å²) in [6, 6.07) is 2.23. The second-order valence-corrected chi connectivity index (χ2v) is 4.60. The lowest BCUT2D eigenvalue weighted by Gasteiger charge is -2.11. The van der Waals surface area contributed by atoms with E-state index in [2.05, 4.69) is 10.3 Å². The molecule has 18 heavy (non-hydrogen) atoms. The molecule has 1 atom stereocenters. The zero-order chi connectivity index (χ0) is 13.5. The molecule has 98 valence electrons. The molecule has 0 unspecified atom stereocenters. The van der Waals surface area contributed by atoms with Crippen molar-refractivity contribution in [3.8, 4) is 0 Å². The van der Waals surface area contributed by atoms with Gasteiger partial charge in [0, 0.05) is 0 Å². The number of thioether (sulfide) groups is 1. The molecule has 1 heterocycles. The van der Waals surface area contributed by atoms with Crippen LogP contribution in [0.25, 0.3) is 0 Å². The number of amides is 1. The van der Waals surface area contributed by atoms with Gasteiger partial charge in [-0.25, -0.2) is 9.78 Å². The fourth-order valence-electron chi connectivity index (χ4n) is 1.21. The fraction of sp³-hybridized carbons (Fsp3) is 0.364. The van der Waals surface area contributed by atoms with Gasteiger partial charge >= 0.3 is 5.97 Å². The van der Waals surface area contributed by atoms with Crippen molar-refractivity contribution in [2.45, 2.75) is 12.5 Å². The Morgan fingerprint density at radius 2 is 2.28 bits per heavy atom. The Morgan fingerprint density at radius 3 is 2.78 bits per heavy atom. The first-order valence-electron chi connectivity index (χ1n) is 5.29. The van der Waals surface area contributed by atoms with Crippen LogP contribution < -0.4 is 11.1 Å². The standard InChI is InChI=1S/C11H15N3O3S/c1-18-5-4-8(12)10(15)14-7-2-3-9(11(16)17)13-6-7/h2-3,6,8H,4-5,12H2,1H3,(H,14,15)(H,16,17)/t8-/m1/s1. The lowest BCUT2D eigenvalue weighted by atomic mass is 10.2. The van der Waals surface area contributed by atoms with Gasteiger partial charge in [-0.3, -0.25) is 4.79 Å². The third-order valence-corrected chi connectivity index (χ3v) is 2.86. The van der Waals surface area contributed by atoms with Gasteiger partial charge in [-0.15, -0.1) is 0 Å². The van der Waals surface area contributed by atoms with Crippen molar-refractivity contribution in [1.82, 2.24) is 4.98 Å². The summed E-state index contributed by atoms with van der Waals surface area (Å²) in [6.45, 7) is 0. The van der Waals surface area contributed by atoms with Gasteiger partial charge in [0.2, 0.25) is 5.91 Å². The van der Waals surface area contributed by atoms with E-state index in [-0.39, 0.29) is 11.6 Å². The molecule has 0 saturated heterocycles. The van der Waals surface area contributed by atoms with Gasteiger partial charge in [-0.2, -0.15) is 11.8 Å². The first kappa shape index (κ1) is 14.5. The summed E-state index contributed by atoms with van der Waals surface area (Å²) in [5.74, 6) is -0.594. The second-order valence-electron chi connectivity index (χ2n) is 3.61. The van der Waals surface area contributed by atoms with Crippen LogP contribution in [0, 0.1) is 0 Å². The maximum absolute atomic E-state index is 11.6. The van der Waals surface area contributed by atoms with E-state index in [1.54, 1.807) is 11.8 Å². The zero-order valence-electron chi connectivity index (χ0n) is 9.92. The number of carboxylic acid groups (broad SMARTS) is 1. The second kappa shape index (κ2) is 6.97. The Balaban J connectivity index is 2.56. The number of aromatic carboxylic acids is 1. The van der Waals surface area contributed by atoms with Gasteiger partial charge < -0.3 is 16.2 Å². The highest BCUT2D eigenvalue weighted by atomic mass is 32.2. The summed E-state index contributed by atoms with van der Waals surface area (Å²) in [4.78, 5) is 25.9. The molecule has 1 aromatic heterocycles. The van der Waals surface area contributed by atoms with Gasteiger partial charge in [0.1, 0.15) is 5.69 Å². The molecule has 1 rings (SSSR count). The molecule has 0 fully saturated rings. The first-order valence-corrected chi connectivity index (χ1v) is 6.68. The molecule has 0 aromatic carbocycles. The van der Waals surface area contributed by atoms with Gasteiger partial charge in [0.05, 0.1) is 17.9 Å². The summed E-state index contributed by atoms with van der Waals surface area (Å²) < 4.78 is 0. The highest BCUT2D eigenvalue weighted by Crippen LogP contribution is 2.08. The van der Waals surface area contributed by atoms with Crippen LogP contribution >= 0.6 is 11.8 Å². The number of carbonyl (C=O) groups excluding carboxylic acids is 1. The van der Waals surface area contributed by atoms with E-state index < -0.39 is 12.0 Å². The van der Waals surface area contributed by atoms with E-state index >= 15 is 0 Å². The van der Waals surface area contributed by atoms with Crippen LogP contribution in [0.5, 0.6) is 0 Å². The number of nitrogens with two attached hydrogens (primary N) is 1. The Hall–Kier alpha value is -1.60. The average molecular weight is 269 g/mol. The molecular formula is C11H15N3O3S. The van der Waals surface area contributed by atoms with Crippen LogP contribution in [-0.4, -0.2) is 40.0 Å². The minimum atomic E-state index is -1.11. The van der Waals surface area contributed by atoms with E-state index in [0.29, 0.717) is 12.1 Å². The lowest BCUT2D eigenvalue weighted by molar-refractivity contribution is -0.117. The quantitative estimate of drug-likeness (QED) is 0.705.